The summed E-state index contributed by atoms with van der Waals surface area (Å²) >= 11 is 1.38. The predicted molar refractivity (Wildman–Crippen MR) is 141 cm³/mol. The third-order valence-corrected chi connectivity index (χ3v) is 7.13. The number of carbonyl (C=O) groups is 1. The number of methoxy groups -OCH3 is 2. The van der Waals surface area contributed by atoms with Crippen molar-refractivity contribution in [1.82, 2.24) is 15.2 Å². The highest BCUT2D eigenvalue weighted by molar-refractivity contribution is 7.99. The molecule has 1 aromatic heterocycles. The van der Waals surface area contributed by atoms with Gasteiger partial charge >= 0.3 is 0 Å². The molecule has 4 rings (SSSR count). The summed E-state index contributed by atoms with van der Waals surface area (Å²) in [4.78, 5) is 22.7. The number of piperazine rings is 1. The van der Waals surface area contributed by atoms with Crippen LogP contribution in [0.3, 0.4) is 0 Å². The van der Waals surface area contributed by atoms with Gasteiger partial charge in [-0.1, -0.05) is 36.0 Å². The summed E-state index contributed by atoms with van der Waals surface area (Å²) in [6, 6.07) is 19.1. The normalized spacial score (nSPS) is 14.8. The van der Waals surface area contributed by atoms with Gasteiger partial charge in [0.25, 0.3) is 5.91 Å². The summed E-state index contributed by atoms with van der Waals surface area (Å²) in [5.74, 6) is 1.33. The van der Waals surface area contributed by atoms with Gasteiger partial charge < -0.3 is 24.8 Å². The average molecular weight is 509 g/mol. The molecule has 1 amide bonds. The second kappa shape index (κ2) is 12.6. The maximum atomic E-state index is 12.9. The summed E-state index contributed by atoms with van der Waals surface area (Å²) in [5, 5.41) is 14.1. The number of aliphatic hydroxyl groups excluding tert-OH is 1. The van der Waals surface area contributed by atoms with Crippen LogP contribution < -0.4 is 19.7 Å². The van der Waals surface area contributed by atoms with Crippen molar-refractivity contribution >= 4 is 23.4 Å². The predicted octanol–water partition coefficient (Wildman–Crippen LogP) is 3.16. The highest BCUT2D eigenvalue weighted by Crippen LogP contribution is 2.35. The summed E-state index contributed by atoms with van der Waals surface area (Å²) in [6.45, 7) is 4.00. The molecule has 36 heavy (non-hydrogen) atoms. The molecule has 0 spiro atoms. The van der Waals surface area contributed by atoms with Crippen LogP contribution in [0.25, 0.3) is 0 Å². The Kier molecular flexibility index (Phi) is 9.05. The molecule has 9 heteroatoms. The molecule has 2 heterocycles. The van der Waals surface area contributed by atoms with E-state index in [1.165, 1.54) is 11.8 Å². The molecular weight excluding hydrogens is 476 g/mol. The molecule has 3 aromatic rings. The fraction of sp³-hybridized carbons (Fsp3) is 0.333. The van der Waals surface area contributed by atoms with Gasteiger partial charge in [0.05, 0.1) is 36.5 Å². The number of rotatable bonds is 10. The van der Waals surface area contributed by atoms with Gasteiger partial charge in [0.15, 0.2) is 0 Å². The lowest BCUT2D eigenvalue weighted by atomic mass is 10.2. The molecule has 0 aliphatic carbocycles. The second-order valence-corrected chi connectivity index (χ2v) is 9.46. The minimum atomic E-state index is -0.672. The summed E-state index contributed by atoms with van der Waals surface area (Å²) < 4.78 is 10.9. The molecule has 1 fully saturated rings. The molecule has 1 aliphatic rings. The number of carbonyl (C=O) groups excluding carboxylic acids is 1. The Hall–Kier alpha value is -3.27. The summed E-state index contributed by atoms with van der Waals surface area (Å²) in [6.07, 6.45) is 0.988. The highest BCUT2D eigenvalue weighted by Gasteiger charge is 2.22. The highest BCUT2D eigenvalue weighted by atomic mass is 32.2. The number of anilines is 1. The van der Waals surface area contributed by atoms with Crippen LogP contribution in [0.5, 0.6) is 11.5 Å². The van der Waals surface area contributed by atoms with Crippen LogP contribution in [0.2, 0.25) is 0 Å². The Morgan fingerprint density at radius 2 is 1.69 bits per heavy atom. The van der Waals surface area contributed by atoms with Gasteiger partial charge in [0.2, 0.25) is 0 Å². The molecule has 1 aliphatic heterocycles. The van der Waals surface area contributed by atoms with Crippen LogP contribution in [-0.2, 0) is 0 Å². The third kappa shape index (κ3) is 6.48. The molecule has 1 saturated heterocycles. The van der Waals surface area contributed by atoms with Gasteiger partial charge in [0.1, 0.15) is 16.5 Å². The van der Waals surface area contributed by atoms with E-state index in [0.29, 0.717) is 17.1 Å². The first kappa shape index (κ1) is 25.8. The fourth-order valence-electron chi connectivity index (χ4n) is 4.18. The lowest BCUT2D eigenvalue weighted by Crippen LogP contribution is -2.50. The van der Waals surface area contributed by atoms with Crippen LogP contribution in [0.4, 0.5) is 5.69 Å². The van der Waals surface area contributed by atoms with E-state index in [1.54, 1.807) is 32.5 Å². The van der Waals surface area contributed by atoms with Gasteiger partial charge in [-0.3, -0.25) is 9.69 Å². The first-order chi connectivity index (χ1) is 17.6. The van der Waals surface area contributed by atoms with E-state index < -0.39 is 6.10 Å². The molecule has 8 nitrogen and oxygen atoms in total. The molecular formula is C27H32N4O4S. The van der Waals surface area contributed by atoms with Crippen molar-refractivity contribution in [2.24, 2.45) is 0 Å². The molecule has 1 unspecified atom stereocenters. The van der Waals surface area contributed by atoms with Crippen molar-refractivity contribution in [3.63, 3.8) is 0 Å². The minimum absolute atomic E-state index is 0.166. The minimum Gasteiger partial charge on any atom is -0.496 e. The van der Waals surface area contributed by atoms with Crippen LogP contribution >= 0.6 is 11.8 Å². The second-order valence-electron chi connectivity index (χ2n) is 8.43. The first-order valence-electron chi connectivity index (χ1n) is 11.9. The fourth-order valence-corrected chi connectivity index (χ4v) is 5.17. The number of ether oxygens (including phenoxy) is 2. The number of nitrogens with zero attached hydrogens (tertiary/aromatic N) is 3. The monoisotopic (exact) mass is 508 g/mol. The number of para-hydroxylation sites is 3. The van der Waals surface area contributed by atoms with Gasteiger partial charge in [0, 0.05) is 45.5 Å². The molecule has 2 aromatic carbocycles. The van der Waals surface area contributed by atoms with Gasteiger partial charge in [-0.25, -0.2) is 4.98 Å². The summed E-state index contributed by atoms with van der Waals surface area (Å²) in [5.41, 5.74) is 1.55. The van der Waals surface area contributed by atoms with Crippen LogP contribution in [-0.4, -0.2) is 80.5 Å². The van der Waals surface area contributed by atoms with Crippen molar-refractivity contribution in [3.05, 3.63) is 72.4 Å². The van der Waals surface area contributed by atoms with Crippen molar-refractivity contribution < 1.29 is 19.4 Å². The largest absolute Gasteiger partial charge is 0.496 e. The quantitative estimate of drug-likeness (QED) is 0.432. The van der Waals surface area contributed by atoms with Gasteiger partial charge in [-0.2, -0.15) is 0 Å². The Morgan fingerprint density at radius 3 is 2.44 bits per heavy atom. The number of aliphatic hydroxyl groups is 1. The van der Waals surface area contributed by atoms with Crippen LogP contribution in [0.1, 0.15) is 10.4 Å². The topological polar surface area (TPSA) is 87.2 Å². The Balaban J connectivity index is 1.28. The zero-order chi connectivity index (χ0) is 25.3. The maximum absolute atomic E-state index is 12.9. The van der Waals surface area contributed by atoms with Crippen molar-refractivity contribution in [2.75, 3.05) is 58.4 Å². The van der Waals surface area contributed by atoms with E-state index in [2.05, 4.69) is 26.2 Å². The lowest BCUT2D eigenvalue weighted by molar-refractivity contribution is 0.0848. The molecule has 2 N–H and O–H groups in total. The maximum Gasteiger partial charge on any atom is 0.254 e. The molecule has 0 saturated carbocycles. The van der Waals surface area contributed by atoms with Crippen molar-refractivity contribution in [1.29, 1.82) is 0 Å². The Morgan fingerprint density at radius 1 is 1.00 bits per heavy atom. The number of hydrogen-bond acceptors (Lipinski definition) is 8. The van der Waals surface area contributed by atoms with E-state index in [4.69, 9.17) is 9.47 Å². The van der Waals surface area contributed by atoms with E-state index in [1.807, 2.05) is 42.5 Å². The Bertz CT molecular complexity index is 1150. The number of nitrogens with one attached hydrogen (secondary N) is 1. The zero-order valence-corrected chi connectivity index (χ0v) is 21.4. The van der Waals surface area contributed by atoms with Crippen molar-refractivity contribution in [3.8, 4) is 11.5 Å². The van der Waals surface area contributed by atoms with Crippen LogP contribution in [0.15, 0.2) is 76.8 Å². The number of amides is 1. The average Bonchev–Trinajstić information content (AvgIpc) is 2.92. The molecule has 0 radical (unpaired) electrons. The zero-order valence-electron chi connectivity index (χ0n) is 20.6. The standard InChI is InChI=1S/C27H32N4O4S/c1-34-23-10-4-3-9-22(23)31-16-14-30(15-17-31)19-20(32)18-29-26(33)21-8-7-13-28-27(21)36-25-12-6-5-11-24(25)35-2/h3-13,20,32H,14-19H2,1-2H3,(H,29,33). The molecule has 0 bridgehead atoms. The first-order valence-corrected chi connectivity index (χ1v) is 12.7. The number of benzene rings is 2. The lowest BCUT2D eigenvalue weighted by Gasteiger charge is -2.37. The number of hydrogen-bond donors (Lipinski definition) is 2. The van der Waals surface area contributed by atoms with Gasteiger partial charge in [-0.15, -0.1) is 0 Å². The van der Waals surface area contributed by atoms with E-state index in [9.17, 15) is 9.90 Å². The smallest absolute Gasteiger partial charge is 0.254 e. The van der Waals surface area contributed by atoms with E-state index in [-0.39, 0.29) is 12.5 Å². The van der Waals surface area contributed by atoms with Crippen molar-refractivity contribution in [2.45, 2.75) is 16.0 Å². The number of aromatic nitrogens is 1. The number of pyridine rings is 1. The third-order valence-electron chi connectivity index (χ3n) is 6.06. The molecule has 1 atom stereocenters. The van der Waals surface area contributed by atoms with E-state index >= 15 is 0 Å². The van der Waals surface area contributed by atoms with Crippen LogP contribution in [0, 0.1) is 0 Å². The Labute approximate surface area is 216 Å². The SMILES string of the molecule is COc1ccccc1Sc1ncccc1C(=O)NCC(O)CN1CCN(c2ccccc2OC)CC1. The number of β-amino-alcohol motifs (C(OH)–C–C–N with tert-alkyl or cyclic N) is 1. The van der Waals surface area contributed by atoms with E-state index in [0.717, 1.165) is 48.3 Å². The molecule has 190 valence electrons. The van der Waals surface area contributed by atoms with Gasteiger partial charge in [-0.05, 0) is 36.4 Å². The summed E-state index contributed by atoms with van der Waals surface area (Å²) in [7, 11) is 3.30.